The fourth-order valence-electron chi connectivity index (χ4n) is 4.53. The predicted octanol–water partition coefficient (Wildman–Crippen LogP) is 6.32. The first kappa shape index (κ1) is 24.1. The second-order valence-corrected chi connectivity index (χ2v) is 10.9. The van der Waals surface area contributed by atoms with E-state index in [4.69, 9.17) is 4.74 Å². The van der Waals surface area contributed by atoms with Crippen molar-refractivity contribution in [3.05, 3.63) is 71.3 Å². The molecule has 3 rings (SSSR count). The third kappa shape index (κ3) is 6.23. The van der Waals surface area contributed by atoms with Crippen LogP contribution < -0.4 is 0 Å². The van der Waals surface area contributed by atoms with Crippen molar-refractivity contribution >= 4 is 18.2 Å². The first-order chi connectivity index (χ1) is 14.9. The van der Waals surface area contributed by atoms with E-state index in [0.717, 1.165) is 18.5 Å². The smallest absolute Gasteiger partial charge is 0.411 e. The molecule has 4 heteroatoms. The number of ether oxygens (including phenoxy) is 1. The maximum absolute atomic E-state index is 13.2. The van der Waals surface area contributed by atoms with E-state index >= 15 is 0 Å². The molecule has 0 saturated carbocycles. The molecule has 32 heavy (non-hydrogen) atoms. The van der Waals surface area contributed by atoms with Gasteiger partial charge in [-0.25, -0.2) is 4.79 Å². The first-order valence-corrected chi connectivity index (χ1v) is 11.5. The van der Waals surface area contributed by atoms with Gasteiger partial charge in [0.2, 0.25) is 0 Å². The average Bonchev–Trinajstić information content (AvgIpc) is 3.03. The van der Waals surface area contributed by atoms with Gasteiger partial charge in [0.15, 0.2) is 0 Å². The molecule has 1 fully saturated rings. The molecule has 172 valence electrons. The molecule has 4 nitrogen and oxygen atoms in total. The molecule has 1 aliphatic rings. The van der Waals surface area contributed by atoms with Crippen molar-refractivity contribution < 1.29 is 9.53 Å². The summed E-state index contributed by atoms with van der Waals surface area (Å²) in [5, 5.41) is 0. The van der Waals surface area contributed by atoms with E-state index in [1.807, 2.05) is 43.9 Å². The molecule has 0 radical (unpaired) electrons. The summed E-state index contributed by atoms with van der Waals surface area (Å²) in [4.78, 5) is 17.5. The summed E-state index contributed by atoms with van der Waals surface area (Å²) in [6.45, 7) is 13.1. The van der Waals surface area contributed by atoms with Crippen LogP contribution in [0.1, 0.15) is 58.2 Å². The zero-order valence-electron chi connectivity index (χ0n) is 20.6. The van der Waals surface area contributed by atoms with E-state index in [9.17, 15) is 4.79 Å². The Labute approximate surface area is 193 Å². The van der Waals surface area contributed by atoms with Crippen LogP contribution in [-0.2, 0) is 11.2 Å². The number of carbonyl (C=O) groups excluding carboxylic acids is 1. The molecular weight excluding hydrogens is 396 g/mol. The molecular formula is C28H38N2O2. The largest absolute Gasteiger partial charge is 0.444 e. The lowest BCUT2D eigenvalue weighted by Gasteiger charge is -2.40. The first-order valence-electron chi connectivity index (χ1n) is 11.5. The number of amides is 1. The third-order valence-corrected chi connectivity index (χ3v) is 5.67. The number of nitrogens with zero attached hydrogens (tertiary/aromatic N) is 2. The van der Waals surface area contributed by atoms with Crippen LogP contribution in [0.2, 0.25) is 0 Å². The Hall–Kier alpha value is -2.59. The molecule has 2 aromatic rings. The molecule has 1 amide bonds. The summed E-state index contributed by atoms with van der Waals surface area (Å²) in [6.07, 6.45) is 4.83. The maximum Gasteiger partial charge on any atom is 0.411 e. The average molecular weight is 435 g/mol. The molecule has 0 bridgehead atoms. The van der Waals surface area contributed by atoms with Gasteiger partial charge >= 0.3 is 6.09 Å². The second kappa shape index (κ2) is 9.50. The molecule has 1 saturated heterocycles. The Morgan fingerprint density at radius 1 is 0.938 bits per heavy atom. The third-order valence-electron chi connectivity index (χ3n) is 5.67. The molecule has 1 aliphatic heterocycles. The summed E-state index contributed by atoms with van der Waals surface area (Å²) >= 11 is 0. The molecule has 0 aromatic heterocycles. The predicted molar refractivity (Wildman–Crippen MR) is 133 cm³/mol. The SMILES string of the molecule is CN1C[C@H](Cc2ccc(/C=C/c3ccccc3)cc2)N(C(=O)OC(C)(C)C)[C@H]1C(C)(C)C. The Morgan fingerprint density at radius 2 is 1.50 bits per heavy atom. The molecule has 2 aromatic carbocycles. The molecule has 1 heterocycles. The van der Waals surface area contributed by atoms with Gasteiger partial charge in [0, 0.05) is 6.54 Å². The van der Waals surface area contributed by atoms with Gasteiger partial charge in [-0.3, -0.25) is 9.80 Å². The Morgan fingerprint density at radius 3 is 2.03 bits per heavy atom. The quantitative estimate of drug-likeness (QED) is 0.528. The van der Waals surface area contributed by atoms with Crippen molar-refractivity contribution in [2.45, 2.75) is 65.8 Å². The molecule has 0 aliphatic carbocycles. The van der Waals surface area contributed by atoms with Gasteiger partial charge in [-0.15, -0.1) is 0 Å². The summed E-state index contributed by atoms with van der Waals surface area (Å²) in [6, 6.07) is 19.0. The zero-order chi connectivity index (χ0) is 23.5. The zero-order valence-corrected chi connectivity index (χ0v) is 20.6. The second-order valence-electron chi connectivity index (χ2n) is 10.9. The monoisotopic (exact) mass is 434 g/mol. The molecule has 2 atom stereocenters. The van der Waals surface area contributed by atoms with Gasteiger partial charge in [-0.05, 0) is 56.3 Å². The molecule has 0 unspecified atom stereocenters. The van der Waals surface area contributed by atoms with Gasteiger partial charge in [-0.1, -0.05) is 87.5 Å². The lowest BCUT2D eigenvalue weighted by atomic mass is 9.91. The Bertz CT molecular complexity index is 921. The number of rotatable bonds is 4. The molecule has 0 N–H and O–H groups in total. The topological polar surface area (TPSA) is 32.8 Å². The van der Waals surface area contributed by atoms with Gasteiger partial charge in [0.05, 0.1) is 12.2 Å². The van der Waals surface area contributed by atoms with Crippen molar-refractivity contribution in [3.63, 3.8) is 0 Å². The highest BCUT2D eigenvalue weighted by molar-refractivity contribution is 5.70. The normalized spacial score (nSPS) is 20.2. The van der Waals surface area contributed by atoms with Gasteiger partial charge in [-0.2, -0.15) is 0 Å². The van der Waals surface area contributed by atoms with Crippen LogP contribution in [0.4, 0.5) is 4.79 Å². The number of carbonyl (C=O) groups is 1. The highest BCUT2D eigenvalue weighted by Gasteiger charge is 2.47. The summed E-state index contributed by atoms with van der Waals surface area (Å²) in [5.74, 6) is 0. The van der Waals surface area contributed by atoms with Crippen molar-refractivity contribution in [3.8, 4) is 0 Å². The summed E-state index contributed by atoms with van der Waals surface area (Å²) in [7, 11) is 2.10. The van der Waals surface area contributed by atoms with E-state index in [0.29, 0.717) is 0 Å². The Kier molecular flexibility index (Phi) is 7.14. The standard InChI is InChI=1S/C28H38N2O2/c1-27(2,3)25-29(7)20-24(30(25)26(31)32-28(4,5)6)19-23-17-15-22(16-18-23)14-13-21-11-9-8-10-12-21/h8-18,24-25H,19-20H2,1-7H3/b14-13+/t24-,25-/m0/s1. The summed E-state index contributed by atoms with van der Waals surface area (Å²) < 4.78 is 5.81. The lowest BCUT2D eigenvalue weighted by Crippen LogP contribution is -2.52. The van der Waals surface area contributed by atoms with Crippen LogP contribution in [0.5, 0.6) is 0 Å². The number of likely N-dealkylation sites (N-methyl/N-ethyl adjacent to an activating group) is 1. The van der Waals surface area contributed by atoms with Gasteiger partial charge in [0.1, 0.15) is 5.60 Å². The van der Waals surface area contributed by atoms with Crippen LogP contribution in [0.15, 0.2) is 54.6 Å². The molecule has 0 spiro atoms. The van der Waals surface area contributed by atoms with Crippen LogP contribution in [-0.4, -0.2) is 47.3 Å². The van der Waals surface area contributed by atoms with Crippen LogP contribution >= 0.6 is 0 Å². The highest BCUT2D eigenvalue weighted by atomic mass is 16.6. The van der Waals surface area contributed by atoms with E-state index in [-0.39, 0.29) is 23.7 Å². The van der Waals surface area contributed by atoms with Gasteiger partial charge in [0.25, 0.3) is 0 Å². The van der Waals surface area contributed by atoms with Crippen molar-refractivity contribution in [1.29, 1.82) is 0 Å². The minimum absolute atomic E-state index is 0.00423. The fourth-order valence-corrected chi connectivity index (χ4v) is 4.53. The minimum Gasteiger partial charge on any atom is -0.444 e. The highest BCUT2D eigenvalue weighted by Crippen LogP contribution is 2.35. The van der Waals surface area contributed by atoms with E-state index in [2.05, 4.69) is 81.3 Å². The lowest BCUT2D eigenvalue weighted by molar-refractivity contribution is -0.0131. The minimum atomic E-state index is -0.516. The van der Waals surface area contributed by atoms with Crippen molar-refractivity contribution in [1.82, 2.24) is 9.80 Å². The van der Waals surface area contributed by atoms with E-state index in [1.165, 1.54) is 11.1 Å². The van der Waals surface area contributed by atoms with E-state index < -0.39 is 5.60 Å². The Balaban J connectivity index is 1.76. The number of hydrogen-bond acceptors (Lipinski definition) is 3. The van der Waals surface area contributed by atoms with E-state index in [1.54, 1.807) is 0 Å². The van der Waals surface area contributed by atoms with Crippen LogP contribution in [0.25, 0.3) is 12.2 Å². The van der Waals surface area contributed by atoms with Gasteiger partial charge < -0.3 is 4.74 Å². The fraction of sp³-hybridized carbons (Fsp3) is 0.464. The summed E-state index contributed by atoms with van der Waals surface area (Å²) in [5.41, 5.74) is 2.98. The maximum atomic E-state index is 13.2. The number of benzene rings is 2. The van der Waals surface area contributed by atoms with Crippen molar-refractivity contribution in [2.75, 3.05) is 13.6 Å². The van der Waals surface area contributed by atoms with Crippen molar-refractivity contribution in [2.24, 2.45) is 5.41 Å². The van der Waals surface area contributed by atoms with Crippen LogP contribution in [0, 0.1) is 5.41 Å². The number of hydrogen-bond donors (Lipinski definition) is 0. The van der Waals surface area contributed by atoms with Crippen LogP contribution in [0.3, 0.4) is 0 Å².